The van der Waals surface area contributed by atoms with Gasteiger partial charge in [0.1, 0.15) is 8.07 Å². The van der Waals surface area contributed by atoms with Gasteiger partial charge in [-0.3, -0.25) is 0 Å². The Morgan fingerprint density at radius 1 is 0.557 bits per heavy atom. The van der Waals surface area contributed by atoms with Gasteiger partial charge in [-0.25, -0.2) is 0 Å². The Balaban J connectivity index is 1.24. The highest BCUT2D eigenvalue weighted by molar-refractivity contribution is 7.02. The minimum atomic E-state index is -2.03. The summed E-state index contributed by atoms with van der Waals surface area (Å²) in [6.45, 7) is 27.0. The second kappa shape index (κ2) is 12.6. The minimum absolute atomic E-state index is 0.0722. The topological polar surface area (TPSA) is 15.3 Å². The molecule has 0 atom stereocenters. The maximum Gasteiger partial charge on any atom is 0.197 e. The average Bonchev–Trinajstić information content (AvgIpc) is 3.23. The van der Waals surface area contributed by atoms with Crippen molar-refractivity contribution in [3.05, 3.63) is 160 Å². The molecule has 1 N–H and O–H groups in total. The Labute approximate surface area is 365 Å². The van der Waals surface area contributed by atoms with Crippen molar-refractivity contribution in [2.75, 3.05) is 10.2 Å². The lowest BCUT2D eigenvalue weighted by molar-refractivity contribution is 0.332. The number of hydrogen-bond donors (Lipinski definition) is 1. The Kier molecular flexibility index (Phi) is 7.99. The lowest BCUT2D eigenvalue weighted by Crippen LogP contribution is -2.57. The zero-order chi connectivity index (χ0) is 42.6. The molecule has 11 rings (SSSR count). The molecule has 0 aromatic heterocycles. The summed E-state index contributed by atoms with van der Waals surface area (Å²) in [5, 5.41) is 9.51. The predicted octanol–water partition coefficient (Wildman–Crippen LogP) is 12.4. The molecular weight excluding hydrogens is 752 g/mol. The molecule has 4 aliphatic rings. The quantitative estimate of drug-likeness (QED) is 0.175. The summed E-state index contributed by atoms with van der Waals surface area (Å²) in [6.07, 6.45) is 2.37. The average molecular weight is 810 g/mol. The van der Waals surface area contributed by atoms with Gasteiger partial charge in [-0.1, -0.05) is 171 Å². The van der Waals surface area contributed by atoms with Gasteiger partial charge >= 0.3 is 0 Å². The van der Waals surface area contributed by atoms with Gasteiger partial charge in [0, 0.05) is 44.8 Å². The summed E-state index contributed by atoms with van der Waals surface area (Å²) >= 11 is 0. The number of fused-ring (bicyclic) bond motifs is 8. The molecule has 61 heavy (non-hydrogen) atoms. The zero-order valence-corrected chi connectivity index (χ0v) is 39.0. The fourth-order valence-corrected chi connectivity index (χ4v) is 15.1. The number of nitrogens with zero attached hydrogens (tertiary/aromatic N) is 1. The van der Waals surface area contributed by atoms with E-state index < -0.39 is 8.07 Å². The predicted molar refractivity (Wildman–Crippen MR) is 266 cm³/mol. The van der Waals surface area contributed by atoms with Gasteiger partial charge in [-0.2, -0.15) is 0 Å². The van der Waals surface area contributed by atoms with E-state index in [4.69, 9.17) is 0 Å². The number of nitrogens with one attached hydrogen (secondary N) is 1. The first-order valence-electron chi connectivity index (χ1n) is 22.6. The molecule has 0 fully saturated rings. The Morgan fingerprint density at radius 3 is 1.87 bits per heavy atom. The van der Waals surface area contributed by atoms with Crippen molar-refractivity contribution in [3.63, 3.8) is 0 Å². The molecule has 4 heteroatoms. The fraction of sp³-hybridized carbons (Fsp3) is 0.298. The third-order valence-electron chi connectivity index (χ3n) is 15.9. The van der Waals surface area contributed by atoms with E-state index in [2.05, 4.69) is 214 Å². The molecule has 0 saturated carbocycles. The van der Waals surface area contributed by atoms with Crippen molar-refractivity contribution in [1.82, 2.24) is 0 Å². The van der Waals surface area contributed by atoms with Gasteiger partial charge in [0.05, 0.1) is 0 Å². The molecule has 7 aromatic rings. The van der Waals surface area contributed by atoms with Gasteiger partial charge in [-0.15, -0.1) is 0 Å². The maximum atomic E-state index is 4.03. The molecule has 2 aliphatic heterocycles. The minimum Gasteiger partial charge on any atom is -0.355 e. The van der Waals surface area contributed by atoms with Crippen molar-refractivity contribution < 1.29 is 0 Å². The molecule has 0 unspecified atom stereocenters. The van der Waals surface area contributed by atoms with E-state index in [1.807, 2.05) is 0 Å². The van der Waals surface area contributed by atoms with Gasteiger partial charge < -0.3 is 10.2 Å². The van der Waals surface area contributed by atoms with Crippen molar-refractivity contribution >= 4 is 75.9 Å². The van der Waals surface area contributed by atoms with Crippen LogP contribution in [0.2, 0.25) is 13.1 Å². The molecule has 1 radical (unpaired) electrons. The summed E-state index contributed by atoms with van der Waals surface area (Å²) in [7, 11) is 0.519. The van der Waals surface area contributed by atoms with Crippen LogP contribution in [-0.2, 0) is 21.7 Å². The number of aryl methyl sites for hydroxylation is 1. The van der Waals surface area contributed by atoms with Gasteiger partial charge in [0.15, 0.2) is 7.28 Å². The van der Waals surface area contributed by atoms with Crippen LogP contribution in [0.3, 0.4) is 0 Å². The standard InChI is InChI=1S/C57H58BN2Si/c1-34-29-40-41(55(4,5)28-27-54(40,2)3)32-46(34)60-47-33-43-42(56(6,7)38-22-14-15-23-39(38)57(43,8)9)31-44(47)58-52-48(60)30-35-19-12-13-20-36(35)51(52)37-21-18-26-50-53(37)59-45-24-16-17-25-49(45)61(50,10)11/h12-26,29-33,59H,27-28H2,1-11H3. The van der Waals surface area contributed by atoms with Gasteiger partial charge in [0.25, 0.3) is 0 Å². The Hall–Kier alpha value is -5.32. The van der Waals surface area contributed by atoms with Crippen molar-refractivity contribution in [2.45, 2.75) is 110 Å². The third kappa shape index (κ3) is 5.33. The number of anilines is 5. The number of benzene rings is 7. The summed E-state index contributed by atoms with van der Waals surface area (Å²) in [4.78, 5) is 2.68. The highest BCUT2D eigenvalue weighted by atomic mass is 28.3. The van der Waals surface area contributed by atoms with E-state index in [1.165, 1.54) is 123 Å². The summed E-state index contributed by atoms with van der Waals surface area (Å²) in [6, 6.07) is 47.2. The number of hydrogen-bond acceptors (Lipinski definition) is 2. The second-order valence-corrected chi connectivity index (χ2v) is 25.9. The molecule has 0 bridgehead atoms. The van der Waals surface area contributed by atoms with E-state index in [9.17, 15) is 0 Å². The van der Waals surface area contributed by atoms with Gasteiger partial charge in [0.2, 0.25) is 0 Å². The summed E-state index contributed by atoms with van der Waals surface area (Å²) in [5.41, 5.74) is 21.3. The molecule has 7 aromatic carbocycles. The van der Waals surface area contributed by atoms with Gasteiger partial charge in [-0.05, 0) is 126 Å². The van der Waals surface area contributed by atoms with Crippen LogP contribution in [0.4, 0.5) is 28.4 Å². The first-order chi connectivity index (χ1) is 28.9. The molecule has 0 amide bonds. The molecule has 2 aliphatic carbocycles. The normalized spacial score (nSPS) is 18.8. The molecule has 0 spiro atoms. The smallest absolute Gasteiger partial charge is 0.197 e. The molecule has 2 nitrogen and oxygen atoms in total. The van der Waals surface area contributed by atoms with E-state index in [1.54, 1.807) is 0 Å². The van der Waals surface area contributed by atoms with Crippen LogP contribution in [0.25, 0.3) is 21.9 Å². The van der Waals surface area contributed by atoms with E-state index in [-0.39, 0.29) is 21.7 Å². The molecule has 0 saturated heterocycles. The fourth-order valence-electron chi connectivity index (χ4n) is 12.1. The van der Waals surface area contributed by atoms with Crippen LogP contribution in [0, 0.1) is 6.92 Å². The number of para-hydroxylation sites is 2. The van der Waals surface area contributed by atoms with Crippen LogP contribution in [0.15, 0.2) is 121 Å². The highest BCUT2D eigenvalue weighted by Crippen LogP contribution is 2.54. The van der Waals surface area contributed by atoms with Crippen LogP contribution in [0.1, 0.15) is 107 Å². The number of rotatable bonds is 2. The molecule has 303 valence electrons. The highest BCUT2D eigenvalue weighted by Gasteiger charge is 2.45. The second-order valence-electron chi connectivity index (χ2n) is 21.6. The molecular formula is C57H58BN2Si. The van der Waals surface area contributed by atoms with Crippen LogP contribution < -0.4 is 31.5 Å². The monoisotopic (exact) mass is 809 g/mol. The van der Waals surface area contributed by atoms with Crippen molar-refractivity contribution in [2.24, 2.45) is 0 Å². The zero-order valence-electron chi connectivity index (χ0n) is 38.0. The van der Waals surface area contributed by atoms with E-state index in [0.29, 0.717) is 0 Å². The van der Waals surface area contributed by atoms with Crippen LogP contribution >= 0.6 is 0 Å². The third-order valence-corrected chi connectivity index (χ3v) is 19.5. The summed E-state index contributed by atoms with van der Waals surface area (Å²) < 4.78 is 0. The van der Waals surface area contributed by atoms with E-state index >= 15 is 0 Å². The first-order valence-corrected chi connectivity index (χ1v) is 25.6. The summed E-state index contributed by atoms with van der Waals surface area (Å²) in [5.74, 6) is 0. The molecule has 2 heterocycles. The lowest BCUT2D eigenvalue weighted by Gasteiger charge is -2.46. The SMILES string of the molecule is Cc1cc2c(cc1N1c3cc4c(cc3[B]c3c1cc1ccccc1c3-c1cccc3c1Nc1ccccc1[Si]3(C)C)C(C)(C)c1ccccc1C4(C)C)C(C)(C)CCC2(C)C. The lowest BCUT2D eigenvalue weighted by atomic mass is 9.54. The Bertz CT molecular complexity index is 3040. The largest absolute Gasteiger partial charge is 0.355 e. The van der Waals surface area contributed by atoms with Crippen molar-refractivity contribution in [3.8, 4) is 11.1 Å². The van der Waals surface area contributed by atoms with Crippen LogP contribution in [0.5, 0.6) is 0 Å². The van der Waals surface area contributed by atoms with Crippen LogP contribution in [-0.4, -0.2) is 15.4 Å². The Morgan fingerprint density at radius 2 is 1.15 bits per heavy atom. The maximum absolute atomic E-state index is 4.03. The van der Waals surface area contributed by atoms with E-state index in [0.717, 1.165) is 0 Å². The van der Waals surface area contributed by atoms with Crippen molar-refractivity contribution in [1.29, 1.82) is 0 Å². The first kappa shape index (κ1) is 38.6.